The van der Waals surface area contributed by atoms with Gasteiger partial charge in [0.05, 0.1) is 30.5 Å². The molecule has 2 N–H and O–H groups in total. The standard InChI is InChI=1S/C34H45N5O5/c1-23(2)20-27-30(44-32(37-27)25-12-9-15-35-22-25)29(40)26(14-13-24-10-7-6-8-11-24)36-31(41)28(21-34(3,4)5)38-33(42)39-16-18-43-19-17-39/h6-12,15,22-23,26,28H,13-14,16-21H2,1-5H3,(H,36,41)(H,38,42). The number of benzene rings is 1. The summed E-state index contributed by atoms with van der Waals surface area (Å²) in [7, 11) is 0. The first-order chi connectivity index (χ1) is 21.0. The number of oxazole rings is 1. The maximum absolute atomic E-state index is 14.3. The molecule has 2 atom stereocenters. The second kappa shape index (κ2) is 15.1. The molecule has 3 aromatic rings. The summed E-state index contributed by atoms with van der Waals surface area (Å²) in [5, 5.41) is 5.93. The van der Waals surface area contributed by atoms with Gasteiger partial charge in [-0.1, -0.05) is 65.0 Å². The van der Waals surface area contributed by atoms with Gasteiger partial charge in [-0.2, -0.15) is 0 Å². The number of hydrogen-bond acceptors (Lipinski definition) is 7. The van der Waals surface area contributed by atoms with E-state index in [4.69, 9.17) is 9.15 Å². The number of carbonyl (C=O) groups is 3. The first-order valence-corrected chi connectivity index (χ1v) is 15.4. The number of Topliss-reactive ketones (excluding diaryl/α,β-unsaturated/α-hetero) is 1. The third-order valence-corrected chi connectivity index (χ3v) is 7.36. The van der Waals surface area contributed by atoms with Gasteiger partial charge in [0, 0.05) is 25.5 Å². The quantitative estimate of drug-likeness (QED) is 0.277. The fraction of sp³-hybridized carbons (Fsp3) is 0.500. The van der Waals surface area contributed by atoms with Crippen molar-refractivity contribution in [2.75, 3.05) is 26.3 Å². The highest BCUT2D eigenvalue weighted by Gasteiger charge is 2.34. The van der Waals surface area contributed by atoms with Crippen molar-refractivity contribution < 1.29 is 23.5 Å². The number of pyridine rings is 1. The van der Waals surface area contributed by atoms with Crippen molar-refractivity contribution >= 4 is 17.7 Å². The van der Waals surface area contributed by atoms with E-state index in [0.717, 1.165) is 5.56 Å². The van der Waals surface area contributed by atoms with Crippen LogP contribution in [-0.4, -0.2) is 71.0 Å². The summed E-state index contributed by atoms with van der Waals surface area (Å²) in [6.07, 6.45) is 5.13. The number of amides is 3. The number of morpholine rings is 1. The molecule has 1 saturated heterocycles. The van der Waals surface area contributed by atoms with Crippen LogP contribution in [0.5, 0.6) is 0 Å². The molecule has 1 aliphatic heterocycles. The van der Waals surface area contributed by atoms with Gasteiger partial charge < -0.3 is 24.7 Å². The van der Waals surface area contributed by atoms with Gasteiger partial charge in [0.2, 0.25) is 17.6 Å². The topological polar surface area (TPSA) is 127 Å². The molecule has 0 saturated carbocycles. The summed E-state index contributed by atoms with van der Waals surface area (Å²) in [5.74, 6) is -0.0847. The fourth-order valence-electron chi connectivity index (χ4n) is 5.17. The zero-order valence-corrected chi connectivity index (χ0v) is 26.5. The minimum absolute atomic E-state index is 0.139. The number of urea groups is 1. The lowest BCUT2D eigenvalue weighted by Crippen LogP contribution is -2.56. The van der Waals surface area contributed by atoms with Crippen LogP contribution in [0.3, 0.4) is 0 Å². The van der Waals surface area contributed by atoms with Gasteiger partial charge in [0.1, 0.15) is 6.04 Å². The molecule has 0 bridgehead atoms. The molecular weight excluding hydrogens is 558 g/mol. The number of nitrogens with zero attached hydrogens (tertiary/aromatic N) is 3. The van der Waals surface area contributed by atoms with E-state index < -0.39 is 18.0 Å². The van der Waals surface area contributed by atoms with Crippen LogP contribution in [-0.2, 0) is 22.4 Å². The number of aromatic nitrogens is 2. The molecule has 4 rings (SSSR count). The molecule has 2 unspecified atom stereocenters. The van der Waals surface area contributed by atoms with Crippen molar-refractivity contribution in [2.24, 2.45) is 11.3 Å². The van der Waals surface area contributed by atoms with E-state index >= 15 is 0 Å². The minimum atomic E-state index is -0.897. The van der Waals surface area contributed by atoms with Crippen LogP contribution in [0.1, 0.15) is 69.3 Å². The van der Waals surface area contributed by atoms with Crippen molar-refractivity contribution in [1.82, 2.24) is 25.5 Å². The molecule has 2 aromatic heterocycles. The maximum atomic E-state index is 14.3. The molecule has 236 valence electrons. The number of ether oxygens (including phenoxy) is 1. The number of hydrogen-bond donors (Lipinski definition) is 2. The summed E-state index contributed by atoms with van der Waals surface area (Å²) in [6.45, 7) is 12.0. The molecule has 3 amide bonds. The summed E-state index contributed by atoms with van der Waals surface area (Å²) >= 11 is 0. The van der Waals surface area contributed by atoms with Gasteiger partial charge in [-0.25, -0.2) is 9.78 Å². The second-order valence-electron chi connectivity index (χ2n) is 13.0. The first-order valence-electron chi connectivity index (χ1n) is 15.4. The summed E-state index contributed by atoms with van der Waals surface area (Å²) in [5.41, 5.74) is 1.99. The fourth-order valence-corrected chi connectivity index (χ4v) is 5.17. The molecule has 0 aliphatic carbocycles. The Hall–Kier alpha value is -4.05. The van der Waals surface area contributed by atoms with Crippen LogP contribution in [0.15, 0.2) is 59.3 Å². The van der Waals surface area contributed by atoms with Crippen LogP contribution in [0, 0.1) is 11.3 Å². The van der Waals surface area contributed by atoms with E-state index in [-0.39, 0.29) is 28.9 Å². The first kappa shape index (κ1) is 32.9. The highest BCUT2D eigenvalue weighted by molar-refractivity contribution is 6.01. The Bertz CT molecular complexity index is 1380. The average Bonchev–Trinajstić information content (AvgIpc) is 3.42. The Balaban J connectivity index is 1.62. The molecule has 0 radical (unpaired) electrons. The van der Waals surface area contributed by atoms with E-state index in [9.17, 15) is 14.4 Å². The smallest absolute Gasteiger partial charge is 0.318 e. The van der Waals surface area contributed by atoms with E-state index in [2.05, 4.69) is 34.4 Å². The van der Waals surface area contributed by atoms with Crippen LogP contribution in [0.25, 0.3) is 11.5 Å². The van der Waals surface area contributed by atoms with Crippen molar-refractivity contribution in [3.63, 3.8) is 0 Å². The van der Waals surface area contributed by atoms with Gasteiger partial charge >= 0.3 is 6.03 Å². The molecule has 1 fully saturated rings. The Morgan fingerprint density at radius 1 is 0.977 bits per heavy atom. The van der Waals surface area contributed by atoms with Gasteiger partial charge in [-0.15, -0.1) is 0 Å². The number of ketones is 1. The highest BCUT2D eigenvalue weighted by atomic mass is 16.5. The highest BCUT2D eigenvalue weighted by Crippen LogP contribution is 2.26. The maximum Gasteiger partial charge on any atom is 0.318 e. The van der Waals surface area contributed by atoms with Crippen molar-refractivity contribution in [3.8, 4) is 11.5 Å². The van der Waals surface area contributed by atoms with Crippen molar-refractivity contribution in [2.45, 2.75) is 72.4 Å². The van der Waals surface area contributed by atoms with Crippen molar-refractivity contribution in [3.05, 3.63) is 71.9 Å². The number of aryl methyl sites for hydroxylation is 1. The Morgan fingerprint density at radius 2 is 1.70 bits per heavy atom. The summed E-state index contributed by atoms with van der Waals surface area (Å²) in [6, 6.07) is 11.4. The van der Waals surface area contributed by atoms with Gasteiger partial charge in [-0.05, 0) is 54.7 Å². The second-order valence-corrected chi connectivity index (χ2v) is 13.0. The van der Waals surface area contributed by atoms with E-state index in [1.165, 1.54) is 0 Å². The van der Waals surface area contributed by atoms with Crippen LogP contribution in [0.2, 0.25) is 0 Å². The normalized spacial score (nSPS) is 15.1. The Kier molecular flexibility index (Phi) is 11.3. The number of carbonyl (C=O) groups excluding carboxylic acids is 3. The SMILES string of the molecule is CC(C)Cc1nc(-c2cccnc2)oc1C(=O)C(CCc1ccccc1)NC(=O)C(CC(C)(C)C)NC(=O)N1CCOCC1. The number of rotatable bonds is 12. The average molecular weight is 604 g/mol. The molecule has 1 aromatic carbocycles. The van der Waals surface area contributed by atoms with E-state index in [1.54, 1.807) is 23.4 Å². The van der Waals surface area contributed by atoms with Crippen LogP contribution < -0.4 is 10.6 Å². The lowest BCUT2D eigenvalue weighted by molar-refractivity contribution is -0.124. The molecule has 1 aliphatic rings. The zero-order valence-electron chi connectivity index (χ0n) is 26.5. The lowest BCUT2D eigenvalue weighted by Gasteiger charge is -2.32. The predicted octanol–water partition coefficient (Wildman–Crippen LogP) is 5.08. The molecule has 0 spiro atoms. The predicted molar refractivity (Wildman–Crippen MR) is 168 cm³/mol. The number of nitrogens with one attached hydrogen (secondary N) is 2. The molecule has 10 nitrogen and oxygen atoms in total. The molecule has 44 heavy (non-hydrogen) atoms. The third kappa shape index (κ3) is 9.47. The lowest BCUT2D eigenvalue weighted by atomic mass is 9.87. The van der Waals surface area contributed by atoms with Crippen LogP contribution in [0.4, 0.5) is 4.79 Å². The van der Waals surface area contributed by atoms with E-state index in [1.807, 2.05) is 57.2 Å². The van der Waals surface area contributed by atoms with Gasteiger partial charge in [0.15, 0.2) is 5.76 Å². The monoisotopic (exact) mass is 603 g/mol. The molecule has 10 heteroatoms. The summed E-state index contributed by atoms with van der Waals surface area (Å²) < 4.78 is 11.5. The largest absolute Gasteiger partial charge is 0.433 e. The van der Waals surface area contributed by atoms with Crippen molar-refractivity contribution in [1.29, 1.82) is 0 Å². The molecular formula is C34H45N5O5. The Morgan fingerprint density at radius 3 is 2.34 bits per heavy atom. The van der Waals surface area contributed by atoms with Crippen LogP contribution >= 0.6 is 0 Å². The zero-order chi connectivity index (χ0) is 31.7. The van der Waals surface area contributed by atoms with Gasteiger partial charge in [-0.3, -0.25) is 14.6 Å². The Labute approximate surface area is 260 Å². The summed E-state index contributed by atoms with van der Waals surface area (Å²) in [4.78, 5) is 51.8. The van der Waals surface area contributed by atoms with Gasteiger partial charge in [0.25, 0.3) is 0 Å². The van der Waals surface area contributed by atoms with E-state index in [0.29, 0.717) is 69.1 Å². The third-order valence-electron chi connectivity index (χ3n) is 7.36. The molecule has 3 heterocycles. The minimum Gasteiger partial charge on any atom is -0.433 e.